The highest BCUT2D eigenvalue weighted by molar-refractivity contribution is 5.82. The van der Waals surface area contributed by atoms with Crippen LogP contribution in [0.5, 0.6) is 0 Å². The first-order valence-electron chi connectivity index (χ1n) is 5.46. The van der Waals surface area contributed by atoms with Crippen LogP contribution in [0.2, 0.25) is 0 Å². The minimum absolute atomic E-state index is 0.208. The van der Waals surface area contributed by atoms with Gasteiger partial charge in [-0.1, -0.05) is 6.92 Å². The highest BCUT2D eigenvalue weighted by Crippen LogP contribution is 2.08. The largest absolute Gasteiger partial charge is 0.382 e. The number of amides is 1. The molecule has 1 rings (SSSR count). The standard InChI is InChI=1S/C11H18N4O2/c1-4-8-5-10(14-7(2)13-8)15-9(6-17-3)11(12)16/h5,9H,4,6H2,1-3H3,(H2,12,16)(H,13,14,15). The van der Waals surface area contributed by atoms with Gasteiger partial charge >= 0.3 is 0 Å². The predicted octanol–water partition coefficient (Wildman–Crippen LogP) is 0.260. The maximum Gasteiger partial charge on any atom is 0.242 e. The zero-order valence-electron chi connectivity index (χ0n) is 10.4. The molecule has 1 aromatic rings. The summed E-state index contributed by atoms with van der Waals surface area (Å²) in [5, 5.41) is 2.94. The van der Waals surface area contributed by atoms with E-state index >= 15 is 0 Å². The molecule has 0 aromatic carbocycles. The number of ether oxygens (including phenoxy) is 1. The predicted molar refractivity (Wildman–Crippen MR) is 64.6 cm³/mol. The summed E-state index contributed by atoms with van der Waals surface area (Å²) in [5.74, 6) is 0.781. The summed E-state index contributed by atoms with van der Waals surface area (Å²) in [6.07, 6.45) is 0.809. The van der Waals surface area contributed by atoms with Crippen molar-refractivity contribution in [2.45, 2.75) is 26.3 Å². The van der Waals surface area contributed by atoms with Gasteiger partial charge in [-0.15, -0.1) is 0 Å². The molecule has 0 spiro atoms. The van der Waals surface area contributed by atoms with Crippen LogP contribution in [0.3, 0.4) is 0 Å². The lowest BCUT2D eigenvalue weighted by Gasteiger charge is -2.15. The molecule has 6 nitrogen and oxygen atoms in total. The summed E-state index contributed by atoms with van der Waals surface area (Å²) in [7, 11) is 1.51. The van der Waals surface area contributed by atoms with Gasteiger partial charge in [-0.2, -0.15) is 0 Å². The molecule has 1 unspecified atom stereocenters. The summed E-state index contributed by atoms with van der Waals surface area (Å²) in [6, 6.07) is 1.22. The summed E-state index contributed by atoms with van der Waals surface area (Å²) in [6.45, 7) is 4.02. The van der Waals surface area contributed by atoms with Crippen molar-refractivity contribution in [2.75, 3.05) is 19.0 Å². The molecule has 0 fully saturated rings. The Hall–Kier alpha value is -1.69. The molecular weight excluding hydrogens is 220 g/mol. The monoisotopic (exact) mass is 238 g/mol. The molecule has 0 aliphatic rings. The molecule has 1 aromatic heterocycles. The SMILES string of the molecule is CCc1cc(NC(COC)C(N)=O)nc(C)n1. The molecule has 0 radical (unpaired) electrons. The fourth-order valence-corrected chi connectivity index (χ4v) is 1.42. The van der Waals surface area contributed by atoms with Crippen molar-refractivity contribution < 1.29 is 9.53 Å². The van der Waals surface area contributed by atoms with E-state index in [0.717, 1.165) is 12.1 Å². The third-order valence-electron chi connectivity index (χ3n) is 2.25. The molecule has 1 amide bonds. The number of hydrogen-bond acceptors (Lipinski definition) is 5. The Bertz CT molecular complexity index is 395. The van der Waals surface area contributed by atoms with Gasteiger partial charge in [0.25, 0.3) is 0 Å². The average Bonchev–Trinajstić information content (AvgIpc) is 2.27. The average molecular weight is 238 g/mol. The van der Waals surface area contributed by atoms with Gasteiger partial charge in [-0.25, -0.2) is 9.97 Å². The van der Waals surface area contributed by atoms with E-state index in [4.69, 9.17) is 10.5 Å². The number of carbonyl (C=O) groups excluding carboxylic acids is 1. The Morgan fingerprint density at radius 1 is 1.59 bits per heavy atom. The Labute approximate surface area is 101 Å². The number of aryl methyl sites for hydroxylation is 2. The molecule has 0 saturated heterocycles. The summed E-state index contributed by atoms with van der Waals surface area (Å²) in [4.78, 5) is 19.6. The second-order valence-electron chi connectivity index (χ2n) is 3.70. The number of rotatable bonds is 6. The zero-order chi connectivity index (χ0) is 12.8. The number of hydrogen-bond donors (Lipinski definition) is 2. The molecule has 0 saturated carbocycles. The van der Waals surface area contributed by atoms with Gasteiger partial charge in [0, 0.05) is 18.9 Å². The number of aromatic nitrogens is 2. The Kier molecular flexibility index (Phi) is 4.84. The van der Waals surface area contributed by atoms with Crippen molar-refractivity contribution in [2.24, 2.45) is 5.73 Å². The number of primary amides is 1. The first kappa shape index (κ1) is 13.4. The molecule has 1 heterocycles. The lowest BCUT2D eigenvalue weighted by molar-refractivity contribution is -0.119. The van der Waals surface area contributed by atoms with Gasteiger partial charge in [-0.3, -0.25) is 4.79 Å². The molecule has 3 N–H and O–H groups in total. The van der Waals surface area contributed by atoms with Crippen molar-refractivity contribution >= 4 is 11.7 Å². The van der Waals surface area contributed by atoms with Crippen LogP contribution in [0, 0.1) is 6.92 Å². The number of nitrogens with one attached hydrogen (secondary N) is 1. The van der Waals surface area contributed by atoms with Crippen LogP contribution in [0.15, 0.2) is 6.07 Å². The number of anilines is 1. The number of nitrogens with zero attached hydrogens (tertiary/aromatic N) is 2. The highest BCUT2D eigenvalue weighted by Gasteiger charge is 2.15. The minimum atomic E-state index is -0.584. The maximum atomic E-state index is 11.2. The van der Waals surface area contributed by atoms with Crippen molar-refractivity contribution in [3.8, 4) is 0 Å². The maximum absolute atomic E-state index is 11.2. The summed E-state index contributed by atoms with van der Waals surface area (Å²) < 4.78 is 4.92. The third-order valence-corrected chi connectivity index (χ3v) is 2.25. The normalized spacial score (nSPS) is 12.2. The lowest BCUT2D eigenvalue weighted by Crippen LogP contribution is -2.39. The Morgan fingerprint density at radius 2 is 2.29 bits per heavy atom. The second kappa shape index (κ2) is 6.15. The Morgan fingerprint density at radius 3 is 2.82 bits per heavy atom. The molecule has 17 heavy (non-hydrogen) atoms. The van der Waals surface area contributed by atoms with E-state index in [2.05, 4.69) is 15.3 Å². The third kappa shape index (κ3) is 3.99. The van der Waals surface area contributed by atoms with E-state index in [9.17, 15) is 4.79 Å². The molecular formula is C11H18N4O2. The van der Waals surface area contributed by atoms with Crippen molar-refractivity contribution in [1.82, 2.24) is 9.97 Å². The molecule has 6 heteroatoms. The van der Waals surface area contributed by atoms with Crippen LogP contribution in [-0.2, 0) is 16.0 Å². The Balaban J connectivity index is 2.84. The van der Waals surface area contributed by atoms with Crippen molar-refractivity contribution in [1.29, 1.82) is 0 Å². The van der Waals surface area contributed by atoms with E-state index in [-0.39, 0.29) is 6.61 Å². The number of methoxy groups -OCH3 is 1. The molecule has 0 aliphatic heterocycles. The second-order valence-corrected chi connectivity index (χ2v) is 3.70. The highest BCUT2D eigenvalue weighted by atomic mass is 16.5. The lowest BCUT2D eigenvalue weighted by atomic mass is 10.2. The van der Waals surface area contributed by atoms with Crippen LogP contribution < -0.4 is 11.1 Å². The van der Waals surface area contributed by atoms with E-state index in [1.165, 1.54) is 7.11 Å². The van der Waals surface area contributed by atoms with E-state index in [1.807, 2.05) is 6.92 Å². The van der Waals surface area contributed by atoms with Crippen LogP contribution in [0.1, 0.15) is 18.4 Å². The van der Waals surface area contributed by atoms with Crippen molar-refractivity contribution in [3.63, 3.8) is 0 Å². The van der Waals surface area contributed by atoms with E-state index < -0.39 is 11.9 Å². The fraction of sp³-hybridized carbons (Fsp3) is 0.545. The smallest absolute Gasteiger partial charge is 0.242 e. The van der Waals surface area contributed by atoms with Gasteiger partial charge in [0.2, 0.25) is 5.91 Å². The number of carbonyl (C=O) groups is 1. The topological polar surface area (TPSA) is 90.1 Å². The fourth-order valence-electron chi connectivity index (χ4n) is 1.42. The van der Waals surface area contributed by atoms with Gasteiger partial charge in [0.05, 0.1) is 6.61 Å². The van der Waals surface area contributed by atoms with E-state index in [1.54, 1.807) is 13.0 Å². The van der Waals surface area contributed by atoms with Gasteiger partial charge < -0.3 is 15.8 Å². The summed E-state index contributed by atoms with van der Waals surface area (Å²) >= 11 is 0. The molecule has 0 aliphatic carbocycles. The zero-order valence-corrected chi connectivity index (χ0v) is 10.4. The van der Waals surface area contributed by atoms with Gasteiger partial charge in [0.1, 0.15) is 17.7 Å². The first-order valence-corrected chi connectivity index (χ1v) is 5.46. The van der Waals surface area contributed by atoms with Gasteiger partial charge in [0.15, 0.2) is 0 Å². The van der Waals surface area contributed by atoms with E-state index in [0.29, 0.717) is 11.6 Å². The quantitative estimate of drug-likeness (QED) is 0.742. The van der Waals surface area contributed by atoms with Crippen LogP contribution in [0.4, 0.5) is 5.82 Å². The molecule has 1 atom stereocenters. The molecule has 0 bridgehead atoms. The summed E-state index contributed by atoms with van der Waals surface area (Å²) in [5.41, 5.74) is 6.17. The number of nitrogens with two attached hydrogens (primary N) is 1. The minimum Gasteiger partial charge on any atom is -0.382 e. The van der Waals surface area contributed by atoms with Crippen LogP contribution in [0.25, 0.3) is 0 Å². The first-order chi connectivity index (χ1) is 8.06. The van der Waals surface area contributed by atoms with Gasteiger partial charge in [-0.05, 0) is 13.3 Å². The van der Waals surface area contributed by atoms with Crippen LogP contribution >= 0.6 is 0 Å². The molecule has 94 valence electrons. The van der Waals surface area contributed by atoms with Crippen molar-refractivity contribution in [3.05, 3.63) is 17.6 Å². The van der Waals surface area contributed by atoms with Crippen LogP contribution in [-0.4, -0.2) is 35.6 Å².